The number of carbonyl (C=O) groups is 1. The Balaban J connectivity index is 1.60. The first-order chi connectivity index (χ1) is 12.0. The molecule has 0 bridgehead atoms. The fourth-order valence-corrected chi connectivity index (χ4v) is 3.94. The molecule has 2 aliphatic heterocycles. The summed E-state index contributed by atoms with van der Waals surface area (Å²) in [5, 5.41) is 6.67. The van der Waals surface area contributed by atoms with E-state index in [1.54, 1.807) is 6.20 Å². The smallest absolute Gasteiger partial charge is 0.253 e. The van der Waals surface area contributed by atoms with E-state index >= 15 is 0 Å². The number of anilines is 1. The molecule has 5 nitrogen and oxygen atoms in total. The van der Waals surface area contributed by atoms with Gasteiger partial charge in [0, 0.05) is 31.9 Å². The van der Waals surface area contributed by atoms with E-state index in [-0.39, 0.29) is 17.4 Å². The van der Waals surface area contributed by atoms with Gasteiger partial charge in [-0.1, -0.05) is 26.7 Å². The summed E-state index contributed by atoms with van der Waals surface area (Å²) >= 11 is 0. The predicted molar refractivity (Wildman–Crippen MR) is 102 cm³/mol. The lowest BCUT2D eigenvalue weighted by Gasteiger charge is -2.26. The van der Waals surface area contributed by atoms with Crippen LogP contribution in [-0.4, -0.2) is 43.1 Å². The second kappa shape index (κ2) is 8.17. The van der Waals surface area contributed by atoms with Gasteiger partial charge in [-0.05, 0) is 49.8 Å². The molecule has 0 spiro atoms. The van der Waals surface area contributed by atoms with Gasteiger partial charge in [0.1, 0.15) is 5.82 Å². The highest BCUT2D eigenvalue weighted by Gasteiger charge is 2.27. The second-order valence-electron chi connectivity index (χ2n) is 8.31. The van der Waals surface area contributed by atoms with Crippen LogP contribution in [0.2, 0.25) is 0 Å². The van der Waals surface area contributed by atoms with Gasteiger partial charge in [0.25, 0.3) is 5.91 Å². The summed E-state index contributed by atoms with van der Waals surface area (Å²) in [5.74, 6) is 0.996. The molecule has 3 rings (SSSR count). The van der Waals surface area contributed by atoms with Crippen LogP contribution in [0, 0.1) is 5.41 Å². The van der Waals surface area contributed by atoms with Crippen LogP contribution >= 0.6 is 0 Å². The van der Waals surface area contributed by atoms with Gasteiger partial charge in [0.05, 0.1) is 5.56 Å². The summed E-state index contributed by atoms with van der Waals surface area (Å²) in [6, 6.07) is 4.14. The van der Waals surface area contributed by atoms with E-state index in [1.165, 1.54) is 25.7 Å². The second-order valence-corrected chi connectivity index (χ2v) is 8.31. The van der Waals surface area contributed by atoms with E-state index in [0.717, 1.165) is 44.8 Å². The van der Waals surface area contributed by atoms with E-state index in [4.69, 9.17) is 0 Å². The third kappa shape index (κ3) is 5.18. The first-order valence-electron chi connectivity index (χ1n) is 9.76. The van der Waals surface area contributed by atoms with Gasteiger partial charge >= 0.3 is 0 Å². The third-order valence-corrected chi connectivity index (χ3v) is 5.35. The summed E-state index contributed by atoms with van der Waals surface area (Å²) in [7, 11) is 0. The number of hydrogen-bond acceptors (Lipinski definition) is 4. The van der Waals surface area contributed by atoms with Gasteiger partial charge in [-0.25, -0.2) is 4.98 Å². The first kappa shape index (κ1) is 18.2. The van der Waals surface area contributed by atoms with Crippen LogP contribution in [0.25, 0.3) is 0 Å². The van der Waals surface area contributed by atoms with Crippen molar-refractivity contribution in [3.05, 3.63) is 23.9 Å². The lowest BCUT2D eigenvalue weighted by Crippen LogP contribution is -2.38. The zero-order valence-electron chi connectivity index (χ0n) is 15.7. The Hall–Kier alpha value is -1.62. The molecule has 0 saturated carbocycles. The maximum absolute atomic E-state index is 12.6. The predicted octanol–water partition coefficient (Wildman–Crippen LogP) is 2.97. The molecular weight excluding hydrogens is 312 g/mol. The fraction of sp³-hybridized carbons (Fsp3) is 0.700. The van der Waals surface area contributed by atoms with Crippen LogP contribution in [0.4, 0.5) is 5.82 Å². The molecule has 2 saturated heterocycles. The zero-order valence-corrected chi connectivity index (χ0v) is 15.7. The Labute approximate surface area is 151 Å². The summed E-state index contributed by atoms with van der Waals surface area (Å²) in [4.78, 5) is 19.5. The van der Waals surface area contributed by atoms with Crippen molar-refractivity contribution in [1.29, 1.82) is 0 Å². The first-order valence-corrected chi connectivity index (χ1v) is 9.76. The minimum absolute atomic E-state index is 0.00221. The van der Waals surface area contributed by atoms with Gasteiger partial charge in [-0.3, -0.25) is 4.79 Å². The Morgan fingerprint density at radius 1 is 1.24 bits per heavy atom. The molecule has 2 aliphatic rings. The molecule has 1 unspecified atom stereocenters. The summed E-state index contributed by atoms with van der Waals surface area (Å²) in [6.07, 6.45) is 8.80. The van der Waals surface area contributed by atoms with Gasteiger partial charge in [-0.2, -0.15) is 0 Å². The van der Waals surface area contributed by atoms with Crippen LogP contribution in [0.1, 0.15) is 62.7 Å². The van der Waals surface area contributed by atoms with E-state index < -0.39 is 0 Å². The molecule has 1 atom stereocenters. The van der Waals surface area contributed by atoms with Gasteiger partial charge in [0.2, 0.25) is 0 Å². The minimum Gasteiger partial charge on any atom is -0.357 e. The topological polar surface area (TPSA) is 57.3 Å². The molecule has 0 radical (unpaired) electrons. The van der Waals surface area contributed by atoms with E-state index in [9.17, 15) is 4.79 Å². The monoisotopic (exact) mass is 344 g/mol. The largest absolute Gasteiger partial charge is 0.357 e. The summed E-state index contributed by atoms with van der Waals surface area (Å²) < 4.78 is 0. The van der Waals surface area contributed by atoms with Crippen molar-refractivity contribution < 1.29 is 4.79 Å². The molecule has 1 aromatic rings. The highest BCUT2D eigenvalue weighted by Crippen LogP contribution is 2.25. The number of hydrogen-bond donors (Lipinski definition) is 2. The normalized spacial score (nSPS) is 24.2. The molecule has 3 heterocycles. The Bertz CT molecular complexity index is 562. The number of rotatable bonds is 3. The molecule has 1 amide bonds. The number of pyridine rings is 1. The molecule has 138 valence electrons. The summed E-state index contributed by atoms with van der Waals surface area (Å²) in [6.45, 7) is 8.61. The number of nitrogens with zero attached hydrogens (tertiary/aromatic N) is 2. The number of nitrogens with one attached hydrogen (secondary N) is 2. The standard InChI is InChI=1S/C20H32N4O/c1-20(2)13-17(9-10-21-15-20)23-19(25)16-7-8-18(22-14-16)24-11-5-3-4-6-12-24/h7-8,14,17,21H,3-6,9-13,15H2,1-2H3,(H,23,25). The van der Waals surface area contributed by atoms with Crippen LogP contribution in [-0.2, 0) is 0 Å². The van der Waals surface area contributed by atoms with Crippen molar-refractivity contribution >= 4 is 11.7 Å². The van der Waals surface area contributed by atoms with Crippen molar-refractivity contribution in [2.45, 2.75) is 58.4 Å². The van der Waals surface area contributed by atoms with Crippen molar-refractivity contribution in [2.75, 3.05) is 31.1 Å². The van der Waals surface area contributed by atoms with Gasteiger partial charge in [-0.15, -0.1) is 0 Å². The molecule has 5 heteroatoms. The molecular formula is C20H32N4O. The minimum atomic E-state index is -0.00221. The average Bonchev–Trinajstić information content (AvgIpc) is 2.95. The van der Waals surface area contributed by atoms with Gasteiger partial charge < -0.3 is 15.5 Å². The Morgan fingerprint density at radius 2 is 2.00 bits per heavy atom. The zero-order chi connectivity index (χ0) is 17.7. The maximum atomic E-state index is 12.6. The SMILES string of the molecule is CC1(C)CNCCC(NC(=O)c2ccc(N3CCCCCC3)nc2)C1. The number of amides is 1. The van der Waals surface area contributed by atoms with E-state index in [2.05, 4.69) is 34.4 Å². The number of aromatic nitrogens is 1. The van der Waals surface area contributed by atoms with Crippen LogP contribution in [0.15, 0.2) is 18.3 Å². The Morgan fingerprint density at radius 3 is 2.68 bits per heavy atom. The van der Waals surface area contributed by atoms with Gasteiger partial charge in [0.15, 0.2) is 0 Å². The molecule has 2 N–H and O–H groups in total. The quantitative estimate of drug-likeness (QED) is 0.885. The highest BCUT2D eigenvalue weighted by molar-refractivity contribution is 5.94. The van der Waals surface area contributed by atoms with Crippen LogP contribution in [0.5, 0.6) is 0 Å². The summed E-state index contributed by atoms with van der Waals surface area (Å²) in [5.41, 5.74) is 0.872. The third-order valence-electron chi connectivity index (χ3n) is 5.35. The lowest BCUT2D eigenvalue weighted by atomic mass is 9.86. The van der Waals surface area contributed by atoms with E-state index in [1.807, 2.05) is 12.1 Å². The van der Waals surface area contributed by atoms with Crippen molar-refractivity contribution in [3.63, 3.8) is 0 Å². The molecule has 1 aromatic heterocycles. The lowest BCUT2D eigenvalue weighted by molar-refractivity contribution is 0.0926. The van der Waals surface area contributed by atoms with Crippen molar-refractivity contribution in [1.82, 2.24) is 15.6 Å². The van der Waals surface area contributed by atoms with Crippen LogP contribution < -0.4 is 15.5 Å². The van der Waals surface area contributed by atoms with Crippen LogP contribution in [0.3, 0.4) is 0 Å². The highest BCUT2D eigenvalue weighted by atomic mass is 16.1. The number of carbonyl (C=O) groups excluding carboxylic acids is 1. The Kier molecular flexibility index (Phi) is 5.94. The van der Waals surface area contributed by atoms with Crippen molar-refractivity contribution in [3.8, 4) is 0 Å². The molecule has 25 heavy (non-hydrogen) atoms. The average molecular weight is 345 g/mol. The maximum Gasteiger partial charge on any atom is 0.253 e. The molecule has 0 aromatic carbocycles. The van der Waals surface area contributed by atoms with Crippen molar-refractivity contribution in [2.24, 2.45) is 5.41 Å². The molecule has 2 fully saturated rings. The molecule has 0 aliphatic carbocycles. The fourth-order valence-electron chi connectivity index (χ4n) is 3.94. The van der Waals surface area contributed by atoms with E-state index in [0.29, 0.717) is 5.56 Å².